The second-order valence-electron chi connectivity index (χ2n) is 5.98. The van der Waals surface area contributed by atoms with Gasteiger partial charge >= 0.3 is 6.03 Å². The molecule has 0 atom stereocenters. The van der Waals surface area contributed by atoms with Crippen LogP contribution in [0.4, 0.5) is 4.79 Å². The lowest BCUT2D eigenvalue weighted by Gasteiger charge is -2.34. The maximum Gasteiger partial charge on any atom is 0.319 e. The van der Waals surface area contributed by atoms with Crippen LogP contribution in [-0.2, 0) is 0 Å². The molecule has 1 aliphatic heterocycles. The predicted molar refractivity (Wildman–Crippen MR) is 70.4 cm³/mol. The van der Waals surface area contributed by atoms with Gasteiger partial charge in [0.15, 0.2) is 0 Å². The summed E-state index contributed by atoms with van der Waals surface area (Å²) in [5, 5.41) is 12.8. The number of carbonyl (C=O) groups excluding carboxylic acids is 1. The Hall–Kier alpha value is -0.810. The summed E-state index contributed by atoms with van der Waals surface area (Å²) < 4.78 is 0. The number of nitrogens with one attached hydrogen (secondary N) is 1. The van der Waals surface area contributed by atoms with E-state index in [9.17, 15) is 9.90 Å². The Bertz CT molecular complexity index is 295. The van der Waals surface area contributed by atoms with Crippen molar-refractivity contribution in [3.8, 4) is 0 Å². The molecule has 1 saturated heterocycles. The Labute approximate surface area is 109 Å². The fraction of sp³-hybridized carbons (Fsp3) is 0.923. The van der Waals surface area contributed by atoms with Crippen LogP contribution in [0.2, 0.25) is 0 Å². The molecule has 2 fully saturated rings. The molecule has 2 amide bonds. The summed E-state index contributed by atoms with van der Waals surface area (Å²) in [6.07, 6.45) is 4.32. The number of hydrogen-bond acceptors (Lipinski definition) is 3. The maximum absolute atomic E-state index is 11.8. The molecule has 2 N–H and O–H groups in total. The van der Waals surface area contributed by atoms with E-state index < -0.39 is 0 Å². The average Bonchev–Trinajstić information content (AvgIpc) is 3.17. The van der Waals surface area contributed by atoms with Gasteiger partial charge in [-0.25, -0.2) is 4.79 Å². The van der Waals surface area contributed by atoms with Crippen molar-refractivity contribution in [2.24, 2.45) is 5.41 Å². The molecular weight excluding hydrogens is 230 g/mol. The molecule has 1 heterocycles. The lowest BCUT2D eigenvalue weighted by atomic mass is 10.0. The first kappa shape index (κ1) is 13.6. The molecule has 18 heavy (non-hydrogen) atoms. The highest BCUT2D eigenvalue weighted by Crippen LogP contribution is 2.44. The highest BCUT2D eigenvalue weighted by atomic mass is 16.3. The van der Waals surface area contributed by atoms with Crippen molar-refractivity contribution in [3.05, 3.63) is 0 Å². The number of amides is 2. The number of aliphatic hydroxyl groups excluding tert-OH is 1. The van der Waals surface area contributed by atoms with Gasteiger partial charge in [-0.2, -0.15) is 0 Å². The van der Waals surface area contributed by atoms with Gasteiger partial charge in [-0.1, -0.05) is 0 Å². The molecule has 5 heteroatoms. The molecule has 0 unspecified atom stereocenters. The molecule has 0 spiro atoms. The van der Waals surface area contributed by atoms with Crippen molar-refractivity contribution in [1.82, 2.24) is 15.1 Å². The molecule has 0 aromatic heterocycles. The second-order valence-corrected chi connectivity index (χ2v) is 5.98. The number of nitrogens with zero attached hydrogens (tertiary/aromatic N) is 2. The normalized spacial score (nSPS) is 22.9. The Kier molecular flexibility index (Phi) is 4.12. The van der Waals surface area contributed by atoms with Gasteiger partial charge < -0.3 is 20.2 Å². The number of likely N-dealkylation sites (tertiary alicyclic amines) is 1. The fourth-order valence-electron chi connectivity index (χ4n) is 2.49. The average molecular weight is 255 g/mol. The summed E-state index contributed by atoms with van der Waals surface area (Å²) in [4.78, 5) is 15.3. The zero-order valence-corrected chi connectivity index (χ0v) is 11.5. The summed E-state index contributed by atoms with van der Waals surface area (Å²) in [6, 6.07) is 0.614. The number of piperidine rings is 1. The largest absolute Gasteiger partial charge is 0.396 e. The SMILES string of the molecule is CN(C)C(=O)N1CCC(NCC2(CO)CC2)CC1. The second kappa shape index (κ2) is 5.45. The van der Waals surface area contributed by atoms with E-state index in [4.69, 9.17) is 0 Å². The van der Waals surface area contributed by atoms with Gasteiger partial charge in [0.25, 0.3) is 0 Å². The first-order chi connectivity index (χ1) is 8.56. The summed E-state index contributed by atoms with van der Waals surface area (Å²) >= 11 is 0. The standard InChI is InChI=1S/C13H25N3O2/c1-15(2)12(18)16-7-3-11(4-8-16)14-9-13(10-17)5-6-13/h11,14,17H,3-10H2,1-2H3. The molecule has 0 aromatic carbocycles. The van der Waals surface area contributed by atoms with Gasteiger partial charge in [-0.3, -0.25) is 0 Å². The first-order valence-corrected chi connectivity index (χ1v) is 6.87. The lowest BCUT2D eigenvalue weighted by Crippen LogP contribution is -2.49. The third kappa shape index (κ3) is 3.14. The minimum absolute atomic E-state index is 0.113. The number of aliphatic hydroxyl groups is 1. The zero-order valence-electron chi connectivity index (χ0n) is 11.5. The van der Waals surface area contributed by atoms with Gasteiger partial charge in [0.2, 0.25) is 0 Å². The van der Waals surface area contributed by atoms with Crippen LogP contribution in [0.15, 0.2) is 0 Å². The highest BCUT2D eigenvalue weighted by Gasteiger charge is 2.42. The summed E-state index contributed by atoms with van der Waals surface area (Å²) in [5.74, 6) is 0. The lowest BCUT2D eigenvalue weighted by molar-refractivity contribution is 0.148. The molecule has 1 aliphatic carbocycles. The minimum atomic E-state index is 0.113. The van der Waals surface area contributed by atoms with Gasteiger partial charge in [-0.05, 0) is 25.7 Å². The van der Waals surface area contributed by atoms with Gasteiger partial charge in [0.1, 0.15) is 0 Å². The molecule has 0 radical (unpaired) electrons. The van der Waals surface area contributed by atoms with Crippen molar-refractivity contribution in [2.75, 3.05) is 40.3 Å². The predicted octanol–water partition coefficient (Wildman–Crippen LogP) is 0.494. The Morgan fingerprint density at radius 1 is 1.39 bits per heavy atom. The summed E-state index contributed by atoms with van der Waals surface area (Å²) in [6.45, 7) is 2.90. The molecule has 104 valence electrons. The van der Waals surface area contributed by atoms with E-state index in [1.807, 2.05) is 4.90 Å². The number of hydrogen-bond donors (Lipinski definition) is 2. The van der Waals surface area contributed by atoms with E-state index in [1.165, 1.54) is 0 Å². The van der Waals surface area contributed by atoms with E-state index in [1.54, 1.807) is 19.0 Å². The molecule has 5 nitrogen and oxygen atoms in total. The third-order valence-electron chi connectivity index (χ3n) is 4.21. The fourth-order valence-corrected chi connectivity index (χ4v) is 2.49. The van der Waals surface area contributed by atoms with E-state index in [0.717, 1.165) is 45.3 Å². The van der Waals surface area contributed by atoms with Crippen LogP contribution in [0.5, 0.6) is 0 Å². The van der Waals surface area contributed by atoms with E-state index in [-0.39, 0.29) is 11.4 Å². The summed E-state index contributed by atoms with van der Waals surface area (Å²) in [5.41, 5.74) is 0.177. The van der Waals surface area contributed by atoms with Crippen LogP contribution in [0.1, 0.15) is 25.7 Å². The molecule has 2 aliphatic rings. The van der Waals surface area contributed by atoms with Crippen LogP contribution in [0.25, 0.3) is 0 Å². The van der Waals surface area contributed by atoms with E-state index in [2.05, 4.69) is 5.32 Å². The Morgan fingerprint density at radius 2 is 2.00 bits per heavy atom. The molecule has 0 bridgehead atoms. The van der Waals surface area contributed by atoms with Crippen molar-refractivity contribution < 1.29 is 9.90 Å². The summed E-state index contributed by atoms with van der Waals surface area (Å²) in [7, 11) is 3.59. The number of rotatable bonds is 4. The van der Waals surface area contributed by atoms with Gasteiger partial charge in [0.05, 0.1) is 0 Å². The van der Waals surface area contributed by atoms with Crippen LogP contribution in [0, 0.1) is 5.41 Å². The zero-order chi connectivity index (χ0) is 13.2. The minimum Gasteiger partial charge on any atom is -0.396 e. The van der Waals surface area contributed by atoms with Crippen molar-refractivity contribution in [3.63, 3.8) is 0 Å². The van der Waals surface area contributed by atoms with Crippen molar-refractivity contribution in [2.45, 2.75) is 31.7 Å². The first-order valence-electron chi connectivity index (χ1n) is 6.87. The van der Waals surface area contributed by atoms with Crippen LogP contribution in [-0.4, -0.2) is 67.3 Å². The van der Waals surface area contributed by atoms with Gasteiger partial charge in [0, 0.05) is 51.8 Å². The topological polar surface area (TPSA) is 55.8 Å². The Morgan fingerprint density at radius 3 is 2.44 bits per heavy atom. The molecular formula is C13H25N3O2. The van der Waals surface area contributed by atoms with Gasteiger partial charge in [-0.15, -0.1) is 0 Å². The third-order valence-corrected chi connectivity index (χ3v) is 4.21. The number of urea groups is 1. The van der Waals surface area contributed by atoms with Crippen molar-refractivity contribution in [1.29, 1.82) is 0 Å². The Balaban J connectivity index is 1.69. The quantitative estimate of drug-likeness (QED) is 0.769. The van der Waals surface area contributed by atoms with E-state index >= 15 is 0 Å². The van der Waals surface area contributed by atoms with Crippen LogP contribution < -0.4 is 5.32 Å². The van der Waals surface area contributed by atoms with Crippen LogP contribution >= 0.6 is 0 Å². The number of carbonyl (C=O) groups is 1. The van der Waals surface area contributed by atoms with Crippen LogP contribution in [0.3, 0.4) is 0 Å². The van der Waals surface area contributed by atoms with Crippen molar-refractivity contribution >= 4 is 6.03 Å². The molecule has 2 rings (SSSR count). The maximum atomic E-state index is 11.8. The molecule has 0 aromatic rings. The highest BCUT2D eigenvalue weighted by molar-refractivity contribution is 5.73. The molecule has 1 saturated carbocycles. The van der Waals surface area contributed by atoms with E-state index in [0.29, 0.717) is 12.6 Å². The smallest absolute Gasteiger partial charge is 0.319 e. The monoisotopic (exact) mass is 255 g/mol.